The van der Waals surface area contributed by atoms with Crippen LogP contribution in [0.15, 0.2) is 42.0 Å². The molecule has 7 nitrogen and oxygen atoms in total. The molecule has 0 bridgehead atoms. The Morgan fingerprint density at radius 1 is 1.06 bits per heavy atom. The van der Waals surface area contributed by atoms with Crippen LogP contribution in [0.5, 0.6) is 11.5 Å². The van der Waals surface area contributed by atoms with Crippen LogP contribution in [0.2, 0.25) is 10.0 Å². The van der Waals surface area contributed by atoms with Gasteiger partial charge in [-0.15, -0.1) is 0 Å². The molecule has 0 radical (unpaired) electrons. The summed E-state index contributed by atoms with van der Waals surface area (Å²) in [5.74, 6) is -0.702. The standard InChI is InChI=1S/C23H22Cl2N2O5/c1-26(2)7-8-27-20(13-3-5-15(24)16(25)11-13)19(22(29)23(27)30)21(28)14-4-6-17-18(12-14)32-10-9-31-17/h3-6,11-12,20,28H,7-10H2,1-2H3/b21-19+/t20-/m0/s1. The largest absolute Gasteiger partial charge is 0.507 e. The minimum absolute atomic E-state index is 0.0103. The number of ether oxygens (including phenoxy) is 2. The number of likely N-dealkylation sites (tertiary alicyclic amines) is 1. The van der Waals surface area contributed by atoms with Crippen molar-refractivity contribution in [1.29, 1.82) is 0 Å². The summed E-state index contributed by atoms with van der Waals surface area (Å²) in [7, 11) is 3.75. The number of benzene rings is 2. The van der Waals surface area contributed by atoms with Crippen LogP contribution in [0.1, 0.15) is 17.2 Å². The summed E-state index contributed by atoms with van der Waals surface area (Å²) >= 11 is 12.3. The van der Waals surface area contributed by atoms with Crippen LogP contribution < -0.4 is 9.47 Å². The molecular formula is C23H22Cl2N2O5. The molecular weight excluding hydrogens is 455 g/mol. The molecule has 1 fully saturated rings. The molecule has 2 aromatic rings. The molecule has 0 unspecified atom stereocenters. The van der Waals surface area contributed by atoms with E-state index in [9.17, 15) is 14.7 Å². The lowest BCUT2D eigenvalue weighted by Crippen LogP contribution is -2.35. The van der Waals surface area contributed by atoms with E-state index in [1.54, 1.807) is 36.4 Å². The highest BCUT2D eigenvalue weighted by Gasteiger charge is 2.46. The lowest BCUT2D eigenvalue weighted by molar-refractivity contribution is -0.140. The molecule has 2 aromatic carbocycles. The molecule has 32 heavy (non-hydrogen) atoms. The molecule has 0 spiro atoms. The van der Waals surface area contributed by atoms with Crippen LogP contribution >= 0.6 is 23.2 Å². The van der Waals surface area contributed by atoms with E-state index in [-0.39, 0.29) is 11.3 Å². The molecule has 4 rings (SSSR count). The van der Waals surface area contributed by atoms with Crippen molar-refractivity contribution in [1.82, 2.24) is 9.80 Å². The molecule has 2 aliphatic rings. The smallest absolute Gasteiger partial charge is 0.295 e. The van der Waals surface area contributed by atoms with Crippen molar-refractivity contribution in [2.75, 3.05) is 40.4 Å². The van der Waals surface area contributed by atoms with Crippen LogP contribution in [0.25, 0.3) is 5.76 Å². The van der Waals surface area contributed by atoms with Crippen molar-refractivity contribution in [2.45, 2.75) is 6.04 Å². The van der Waals surface area contributed by atoms with Gasteiger partial charge in [-0.3, -0.25) is 9.59 Å². The van der Waals surface area contributed by atoms with Crippen molar-refractivity contribution in [3.8, 4) is 11.5 Å². The third kappa shape index (κ3) is 4.16. The lowest BCUT2D eigenvalue weighted by atomic mass is 9.95. The quantitative estimate of drug-likeness (QED) is 0.402. The van der Waals surface area contributed by atoms with Gasteiger partial charge in [-0.2, -0.15) is 0 Å². The maximum Gasteiger partial charge on any atom is 0.295 e. The topological polar surface area (TPSA) is 79.3 Å². The summed E-state index contributed by atoms with van der Waals surface area (Å²) in [6.45, 7) is 1.65. The van der Waals surface area contributed by atoms with Crippen LogP contribution in [-0.4, -0.2) is 67.0 Å². The van der Waals surface area contributed by atoms with Crippen LogP contribution in [0.3, 0.4) is 0 Å². The van der Waals surface area contributed by atoms with Gasteiger partial charge in [-0.25, -0.2) is 0 Å². The third-order valence-corrected chi connectivity index (χ3v) is 6.14. The maximum absolute atomic E-state index is 13.1. The van der Waals surface area contributed by atoms with Crippen molar-refractivity contribution in [3.63, 3.8) is 0 Å². The van der Waals surface area contributed by atoms with Crippen molar-refractivity contribution in [3.05, 3.63) is 63.1 Å². The molecule has 168 valence electrons. The molecule has 0 saturated carbocycles. The number of fused-ring (bicyclic) bond motifs is 1. The fraction of sp³-hybridized carbons (Fsp3) is 0.304. The number of aliphatic hydroxyl groups is 1. The number of carbonyl (C=O) groups excluding carboxylic acids is 2. The van der Waals surface area contributed by atoms with Crippen LogP contribution in [0, 0.1) is 0 Å². The number of amides is 1. The summed E-state index contributed by atoms with van der Waals surface area (Å²) < 4.78 is 11.1. The average molecular weight is 477 g/mol. The van der Waals surface area contributed by atoms with Crippen LogP contribution in [0.4, 0.5) is 0 Å². The highest BCUT2D eigenvalue weighted by atomic mass is 35.5. The molecule has 0 aromatic heterocycles. The van der Waals surface area contributed by atoms with E-state index in [2.05, 4.69) is 0 Å². The predicted molar refractivity (Wildman–Crippen MR) is 121 cm³/mol. The predicted octanol–water partition coefficient (Wildman–Crippen LogP) is 3.75. The number of rotatable bonds is 5. The first kappa shape index (κ1) is 22.5. The van der Waals surface area contributed by atoms with Gasteiger partial charge in [0.25, 0.3) is 11.7 Å². The zero-order valence-corrected chi connectivity index (χ0v) is 19.1. The summed E-state index contributed by atoms with van der Waals surface area (Å²) in [6, 6.07) is 9.00. The number of Topliss-reactive ketones (excluding diaryl/α,β-unsaturated/α-hetero) is 1. The highest BCUT2D eigenvalue weighted by molar-refractivity contribution is 6.46. The Labute approximate surface area is 195 Å². The van der Waals surface area contributed by atoms with Gasteiger partial charge in [0.15, 0.2) is 11.5 Å². The number of nitrogens with zero attached hydrogens (tertiary/aromatic N) is 2. The van der Waals surface area contributed by atoms with Gasteiger partial charge in [0.1, 0.15) is 19.0 Å². The van der Waals surface area contributed by atoms with Gasteiger partial charge < -0.3 is 24.4 Å². The second-order valence-corrected chi connectivity index (χ2v) is 8.64. The van der Waals surface area contributed by atoms with Gasteiger partial charge in [-0.05, 0) is 50.0 Å². The van der Waals surface area contributed by atoms with E-state index < -0.39 is 17.7 Å². The van der Waals surface area contributed by atoms with Crippen molar-refractivity contribution in [2.24, 2.45) is 0 Å². The minimum Gasteiger partial charge on any atom is -0.507 e. The summed E-state index contributed by atoms with van der Waals surface area (Å²) in [6.07, 6.45) is 0. The Morgan fingerprint density at radius 2 is 1.78 bits per heavy atom. The van der Waals surface area contributed by atoms with E-state index in [0.29, 0.717) is 59.0 Å². The number of ketones is 1. The third-order valence-electron chi connectivity index (χ3n) is 5.40. The Hall–Kier alpha value is -2.74. The first-order valence-electron chi connectivity index (χ1n) is 10.1. The first-order chi connectivity index (χ1) is 15.3. The van der Waals surface area contributed by atoms with E-state index in [1.807, 2.05) is 19.0 Å². The second kappa shape index (κ2) is 9.02. The number of likely N-dealkylation sites (N-methyl/N-ethyl adjacent to an activating group) is 1. The molecule has 2 heterocycles. The summed E-state index contributed by atoms with van der Waals surface area (Å²) in [5, 5.41) is 11.8. The first-order valence-corrected chi connectivity index (χ1v) is 10.8. The molecule has 1 N–H and O–H groups in total. The Kier molecular flexibility index (Phi) is 6.33. The van der Waals surface area contributed by atoms with Gasteiger partial charge in [0, 0.05) is 18.7 Å². The molecule has 9 heteroatoms. The number of hydrogen-bond acceptors (Lipinski definition) is 6. The van der Waals surface area contributed by atoms with Gasteiger partial charge in [0.05, 0.1) is 21.7 Å². The SMILES string of the molecule is CN(C)CCN1C(=O)C(=O)/C(=C(/O)c2ccc3c(c2)OCCO3)[C@@H]1c1ccc(Cl)c(Cl)c1. The van der Waals surface area contributed by atoms with Crippen molar-refractivity contribution < 1.29 is 24.2 Å². The molecule has 1 saturated heterocycles. The van der Waals surface area contributed by atoms with Gasteiger partial charge in [0.2, 0.25) is 0 Å². The van der Waals surface area contributed by atoms with E-state index in [0.717, 1.165) is 0 Å². The Balaban J connectivity index is 1.84. The normalized spacial score (nSPS) is 19.7. The Bertz CT molecular complexity index is 1120. The number of carbonyl (C=O) groups is 2. The zero-order chi connectivity index (χ0) is 23.0. The fourth-order valence-electron chi connectivity index (χ4n) is 3.79. The molecule has 0 aliphatic carbocycles. The molecule has 1 atom stereocenters. The van der Waals surface area contributed by atoms with E-state index >= 15 is 0 Å². The summed E-state index contributed by atoms with van der Waals surface area (Å²) in [5.41, 5.74) is 0.921. The minimum atomic E-state index is -0.807. The number of aliphatic hydroxyl groups excluding tert-OH is 1. The van der Waals surface area contributed by atoms with Crippen LogP contribution in [-0.2, 0) is 9.59 Å². The maximum atomic E-state index is 13.1. The van der Waals surface area contributed by atoms with Crippen molar-refractivity contribution >= 4 is 40.7 Å². The molecule has 1 amide bonds. The highest BCUT2D eigenvalue weighted by Crippen LogP contribution is 2.42. The van der Waals surface area contributed by atoms with E-state index in [1.165, 1.54) is 4.90 Å². The van der Waals surface area contributed by atoms with Gasteiger partial charge in [-0.1, -0.05) is 29.3 Å². The number of hydrogen-bond donors (Lipinski definition) is 1. The fourth-order valence-corrected chi connectivity index (χ4v) is 4.10. The lowest BCUT2D eigenvalue weighted by Gasteiger charge is -2.27. The molecule has 2 aliphatic heterocycles. The van der Waals surface area contributed by atoms with Gasteiger partial charge >= 0.3 is 0 Å². The second-order valence-electron chi connectivity index (χ2n) is 7.83. The average Bonchev–Trinajstić information content (AvgIpc) is 3.03. The van der Waals surface area contributed by atoms with E-state index in [4.69, 9.17) is 32.7 Å². The number of halogens is 2. The summed E-state index contributed by atoms with van der Waals surface area (Å²) in [4.78, 5) is 29.4. The monoisotopic (exact) mass is 476 g/mol. The zero-order valence-electron chi connectivity index (χ0n) is 17.6. The Morgan fingerprint density at radius 3 is 2.47 bits per heavy atom.